The van der Waals surface area contributed by atoms with Gasteiger partial charge in [0.05, 0.1) is 6.61 Å². The second-order valence-electron chi connectivity index (χ2n) is 7.67. The van der Waals surface area contributed by atoms with Crippen molar-refractivity contribution >= 4 is 0 Å². The average Bonchev–Trinajstić information content (AvgIpc) is 3.04. The first-order valence-corrected chi connectivity index (χ1v) is 9.23. The summed E-state index contributed by atoms with van der Waals surface area (Å²) in [6.07, 6.45) is 2.41. The van der Waals surface area contributed by atoms with E-state index in [9.17, 15) is 4.39 Å². The number of nitrogens with zero attached hydrogens (tertiary/aromatic N) is 1. The van der Waals surface area contributed by atoms with E-state index >= 15 is 0 Å². The highest BCUT2D eigenvalue weighted by molar-refractivity contribution is 5.67. The maximum absolute atomic E-state index is 14.2. The number of aromatic nitrogens is 1. The van der Waals surface area contributed by atoms with E-state index in [0.717, 1.165) is 29.7 Å². The van der Waals surface area contributed by atoms with Crippen LogP contribution < -0.4 is 15.8 Å². The quantitative estimate of drug-likeness (QED) is 0.749. The zero-order valence-corrected chi connectivity index (χ0v) is 15.1. The molecule has 1 spiro atoms. The first kappa shape index (κ1) is 17.1. The molecule has 1 aromatic carbocycles. The van der Waals surface area contributed by atoms with Crippen LogP contribution in [0.4, 0.5) is 4.39 Å². The van der Waals surface area contributed by atoms with E-state index in [1.165, 1.54) is 6.20 Å². The topological polar surface area (TPSA) is 78.6 Å². The summed E-state index contributed by atoms with van der Waals surface area (Å²) in [5.41, 5.74) is 6.96. The van der Waals surface area contributed by atoms with Crippen LogP contribution >= 0.6 is 0 Å². The number of hydrogen-bond acceptors (Lipinski definition) is 6. The second-order valence-corrected chi connectivity index (χ2v) is 7.67. The molecule has 1 unspecified atom stereocenters. The molecule has 4 heterocycles. The smallest absolute Gasteiger partial charge is 0.220 e. The number of ether oxygens (including phenoxy) is 3. The fraction of sp³-hybridized carbons (Fsp3) is 0.450. The second kappa shape index (κ2) is 5.97. The number of halogens is 1. The minimum Gasteiger partial charge on any atom is -0.484 e. The highest BCUT2D eigenvalue weighted by Gasteiger charge is 2.60. The number of pyridine rings is 1. The summed E-state index contributed by atoms with van der Waals surface area (Å²) in [5.74, 6) is 0.242. The van der Waals surface area contributed by atoms with Gasteiger partial charge in [0.15, 0.2) is 6.35 Å². The van der Waals surface area contributed by atoms with Crippen molar-refractivity contribution < 1.29 is 18.6 Å². The van der Waals surface area contributed by atoms with Crippen LogP contribution in [0.15, 0.2) is 36.5 Å². The molecule has 2 fully saturated rings. The van der Waals surface area contributed by atoms with Crippen LogP contribution in [0.1, 0.15) is 25.3 Å². The molecule has 3 aliphatic heterocycles. The largest absolute Gasteiger partial charge is 0.484 e. The average molecular weight is 371 g/mol. The van der Waals surface area contributed by atoms with Crippen LogP contribution in [0.2, 0.25) is 0 Å². The van der Waals surface area contributed by atoms with Crippen LogP contribution in [0.5, 0.6) is 5.75 Å². The zero-order valence-electron chi connectivity index (χ0n) is 15.1. The number of rotatable bonds is 1. The van der Waals surface area contributed by atoms with Crippen molar-refractivity contribution in [1.29, 1.82) is 0 Å². The molecule has 0 radical (unpaired) electrons. The zero-order chi connectivity index (χ0) is 18.6. The van der Waals surface area contributed by atoms with E-state index < -0.39 is 23.4 Å². The Morgan fingerprint density at radius 1 is 1.30 bits per heavy atom. The Labute approximate surface area is 156 Å². The molecule has 0 bridgehead atoms. The van der Waals surface area contributed by atoms with Gasteiger partial charge in [-0.25, -0.2) is 4.98 Å². The number of nitrogens with one attached hydrogen (secondary N) is 1. The van der Waals surface area contributed by atoms with Gasteiger partial charge in [0.25, 0.3) is 0 Å². The number of benzene rings is 1. The molecule has 3 N–H and O–H groups in total. The standard InChI is InChI=1S/C20H22FN3O3/c1-19-7-3-9-25-17(19)20(11-26-18(22)24-20)14-10-12(5-6-15(14)27-19)13-4-2-8-23-16(13)21/h2,4-6,8,10,17-18,24H,3,7,9,11,22H2,1H3/t17-,18?,19-,20-/m0/s1. The number of hydrogen-bond donors (Lipinski definition) is 2. The maximum Gasteiger partial charge on any atom is 0.220 e. The predicted octanol–water partition coefficient (Wildman–Crippen LogP) is 2.28. The van der Waals surface area contributed by atoms with E-state index in [2.05, 4.69) is 17.2 Å². The Bertz CT molecular complexity index is 895. The molecule has 0 aliphatic carbocycles. The lowest BCUT2D eigenvalue weighted by Crippen LogP contribution is -2.67. The highest BCUT2D eigenvalue weighted by Crippen LogP contribution is 2.51. The summed E-state index contributed by atoms with van der Waals surface area (Å²) in [7, 11) is 0. The summed E-state index contributed by atoms with van der Waals surface area (Å²) in [5, 5.41) is 3.38. The lowest BCUT2D eigenvalue weighted by molar-refractivity contribution is -0.170. The van der Waals surface area contributed by atoms with Gasteiger partial charge in [-0.05, 0) is 49.6 Å². The van der Waals surface area contributed by atoms with Crippen molar-refractivity contribution in [3.05, 3.63) is 48.0 Å². The van der Waals surface area contributed by atoms with Crippen LogP contribution in [0, 0.1) is 5.95 Å². The Morgan fingerprint density at radius 2 is 2.19 bits per heavy atom. The predicted molar refractivity (Wildman–Crippen MR) is 96.4 cm³/mol. The van der Waals surface area contributed by atoms with E-state index in [4.69, 9.17) is 19.9 Å². The molecule has 27 heavy (non-hydrogen) atoms. The Morgan fingerprint density at radius 3 is 2.96 bits per heavy atom. The minimum atomic E-state index is -0.642. The van der Waals surface area contributed by atoms with Crippen LogP contribution in [-0.2, 0) is 15.0 Å². The fourth-order valence-corrected chi connectivity index (χ4v) is 4.69. The molecule has 1 aromatic heterocycles. The Hall–Kier alpha value is -2.06. The van der Waals surface area contributed by atoms with Crippen molar-refractivity contribution in [3.8, 4) is 16.9 Å². The molecule has 0 saturated carbocycles. The molecular formula is C20H22FN3O3. The molecule has 2 aromatic rings. The summed E-state index contributed by atoms with van der Waals surface area (Å²) in [6.45, 7) is 3.10. The van der Waals surface area contributed by atoms with Gasteiger partial charge in [-0.3, -0.25) is 11.1 Å². The van der Waals surface area contributed by atoms with Gasteiger partial charge in [0, 0.05) is 23.9 Å². The van der Waals surface area contributed by atoms with Crippen molar-refractivity contribution in [1.82, 2.24) is 10.3 Å². The lowest BCUT2D eigenvalue weighted by atomic mass is 9.72. The van der Waals surface area contributed by atoms with Gasteiger partial charge in [0.1, 0.15) is 23.0 Å². The molecule has 3 aliphatic rings. The third-order valence-corrected chi connectivity index (χ3v) is 5.87. The first-order chi connectivity index (χ1) is 13.0. The highest BCUT2D eigenvalue weighted by atomic mass is 19.1. The van der Waals surface area contributed by atoms with E-state index in [1.54, 1.807) is 12.1 Å². The van der Waals surface area contributed by atoms with Crippen LogP contribution in [0.3, 0.4) is 0 Å². The molecule has 7 heteroatoms. The Balaban J connectivity index is 1.69. The van der Waals surface area contributed by atoms with Gasteiger partial charge in [0.2, 0.25) is 5.95 Å². The summed E-state index contributed by atoms with van der Waals surface area (Å²) < 4.78 is 32.5. The normalized spacial score (nSPS) is 34.8. The van der Waals surface area contributed by atoms with Gasteiger partial charge >= 0.3 is 0 Å². The molecule has 0 amide bonds. The molecule has 4 atom stereocenters. The number of nitrogens with two attached hydrogens (primary N) is 1. The monoisotopic (exact) mass is 371 g/mol. The Kier molecular flexibility index (Phi) is 3.77. The maximum atomic E-state index is 14.2. The SMILES string of the molecule is C[C@]12CCCO[C@@H]1[C@]1(COC(N)N1)c1cc(-c3cccnc3F)ccc1O2. The van der Waals surface area contributed by atoms with Crippen molar-refractivity contribution in [2.45, 2.75) is 43.4 Å². The molecule has 5 rings (SSSR count). The van der Waals surface area contributed by atoms with Crippen molar-refractivity contribution in [3.63, 3.8) is 0 Å². The van der Waals surface area contributed by atoms with E-state index in [-0.39, 0.29) is 6.10 Å². The van der Waals surface area contributed by atoms with Gasteiger partial charge in [-0.1, -0.05) is 6.07 Å². The van der Waals surface area contributed by atoms with Crippen molar-refractivity contribution in [2.24, 2.45) is 5.73 Å². The van der Waals surface area contributed by atoms with Crippen molar-refractivity contribution in [2.75, 3.05) is 13.2 Å². The third kappa shape index (κ3) is 2.50. The third-order valence-electron chi connectivity index (χ3n) is 5.87. The van der Waals surface area contributed by atoms with E-state index in [1.807, 2.05) is 18.2 Å². The summed E-state index contributed by atoms with van der Waals surface area (Å²) >= 11 is 0. The molecular weight excluding hydrogens is 349 g/mol. The number of fused-ring (bicyclic) bond motifs is 4. The molecule has 6 nitrogen and oxygen atoms in total. The molecule has 142 valence electrons. The van der Waals surface area contributed by atoms with E-state index in [0.29, 0.717) is 18.8 Å². The summed E-state index contributed by atoms with van der Waals surface area (Å²) in [6, 6.07) is 9.11. The van der Waals surface area contributed by atoms with Crippen LogP contribution in [-0.4, -0.2) is 36.3 Å². The van der Waals surface area contributed by atoms with Gasteiger partial charge in [-0.15, -0.1) is 0 Å². The fourth-order valence-electron chi connectivity index (χ4n) is 4.69. The van der Waals surface area contributed by atoms with Gasteiger partial charge in [-0.2, -0.15) is 4.39 Å². The van der Waals surface area contributed by atoms with Gasteiger partial charge < -0.3 is 14.2 Å². The first-order valence-electron chi connectivity index (χ1n) is 9.23. The molecule has 2 saturated heterocycles. The lowest BCUT2D eigenvalue weighted by Gasteiger charge is -2.53. The summed E-state index contributed by atoms with van der Waals surface area (Å²) in [4.78, 5) is 3.76. The minimum absolute atomic E-state index is 0.256. The van der Waals surface area contributed by atoms with Crippen LogP contribution in [0.25, 0.3) is 11.1 Å².